The third-order valence-electron chi connectivity index (χ3n) is 3.24. The summed E-state index contributed by atoms with van der Waals surface area (Å²) >= 11 is -0.556. The van der Waals surface area contributed by atoms with Crippen LogP contribution in [0.3, 0.4) is 0 Å². The average molecular weight is 448 g/mol. The molecule has 0 heterocycles. The van der Waals surface area contributed by atoms with E-state index >= 15 is 0 Å². The number of phenolic OH excluding ortho intramolecular Hbond substituents is 1. The van der Waals surface area contributed by atoms with Crippen molar-refractivity contribution in [3.05, 3.63) is 58.4 Å². The molecule has 0 saturated carbocycles. The van der Waals surface area contributed by atoms with Crippen LogP contribution in [0.15, 0.2) is 23.2 Å². The van der Waals surface area contributed by atoms with Gasteiger partial charge < -0.3 is 5.11 Å². The number of rotatable bonds is 3. The van der Waals surface area contributed by atoms with Gasteiger partial charge in [-0.15, -0.1) is 0 Å². The number of hydrogen-bond donors (Lipinski definition) is 1. The first-order chi connectivity index (χ1) is 12.2. The summed E-state index contributed by atoms with van der Waals surface area (Å²) in [6.45, 7) is 3.64. The second-order valence-corrected chi connectivity index (χ2v) is 7.77. The molecule has 2 aromatic carbocycles. The fourth-order valence-electron chi connectivity index (χ4n) is 1.99. The second-order valence-electron chi connectivity index (χ2n) is 5.19. The summed E-state index contributed by atoms with van der Waals surface area (Å²) in [7, 11) is 9.78. The first kappa shape index (κ1) is 22.9. The summed E-state index contributed by atoms with van der Waals surface area (Å²) in [4.78, 5) is 3.32. The van der Waals surface area contributed by atoms with Crippen molar-refractivity contribution in [2.45, 2.75) is 19.8 Å². The Kier molecular flexibility index (Phi) is 9.03. The third kappa shape index (κ3) is 5.19. The summed E-state index contributed by atoms with van der Waals surface area (Å²) in [5.41, 5.74) is -0.651. The Morgan fingerprint density at radius 1 is 0.962 bits per heavy atom. The average Bonchev–Trinajstić information content (AvgIpc) is 2.60. The van der Waals surface area contributed by atoms with Crippen LogP contribution in [0.5, 0.6) is 5.75 Å². The molecule has 26 heavy (non-hydrogen) atoms. The minimum atomic E-state index is -2.25. The Morgan fingerprint density at radius 2 is 1.42 bits per heavy atom. The zero-order valence-electron chi connectivity index (χ0n) is 13.4. The van der Waals surface area contributed by atoms with Crippen LogP contribution in [0, 0.1) is 29.1 Å². The van der Waals surface area contributed by atoms with Crippen LogP contribution >= 0.6 is 18.6 Å². The van der Waals surface area contributed by atoms with E-state index in [1.54, 1.807) is 12.1 Å². The van der Waals surface area contributed by atoms with Crippen LogP contribution < -0.4 is 0 Å². The molecule has 1 N–H and O–H groups in total. The Bertz CT molecular complexity index is 789. The zero-order chi connectivity index (χ0) is 20.0. The zero-order valence-corrected chi connectivity index (χ0v) is 16.5. The Balaban J connectivity index is 0.00000105. The quantitative estimate of drug-likeness (QED) is 0.192. The van der Waals surface area contributed by atoms with Crippen molar-refractivity contribution >= 4 is 30.5 Å². The maximum absolute atomic E-state index is 13.5. The molecule has 0 amide bonds. The SMILES string of the molecule is CC(C)c1cccc(C=Nc2c(F)c(F)c(F)c(F)c2F)c1O.[Cl][Ti][Cl]. The number of halogens is 7. The molecule has 0 aliphatic rings. The predicted octanol–water partition coefficient (Wildman–Crippen LogP) is 6.34. The molecule has 0 radical (unpaired) electrons. The summed E-state index contributed by atoms with van der Waals surface area (Å²) in [6, 6.07) is 4.63. The van der Waals surface area contributed by atoms with Gasteiger partial charge in [-0.05, 0) is 17.5 Å². The summed E-state index contributed by atoms with van der Waals surface area (Å²) in [6.07, 6.45) is 0.847. The van der Waals surface area contributed by atoms with Gasteiger partial charge in [-0.3, -0.25) is 0 Å². The van der Waals surface area contributed by atoms with Gasteiger partial charge in [-0.1, -0.05) is 26.0 Å². The molecule has 0 spiro atoms. The van der Waals surface area contributed by atoms with Gasteiger partial charge in [0.05, 0.1) is 0 Å². The Labute approximate surface area is 163 Å². The maximum atomic E-state index is 13.5. The molecule has 2 aromatic rings. The normalized spacial score (nSPS) is 10.8. The standard InChI is InChI=1S/C16H12F5NO.2ClH.Ti/c1-7(2)9-5-3-4-8(16(9)23)6-22-15-13(20)11(18)10(17)12(19)14(15)21;;;/h3-7,23H,1-2H3;2*1H;/q;;;+2/p-2. The number of benzene rings is 2. The van der Waals surface area contributed by atoms with Crippen LogP contribution in [0.2, 0.25) is 0 Å². The third-order valence-corrected chi connectivity index (χ3v) is 3.24. The Hall–Kier alpha value is -1.15. The number of phenols is 1. The number of hydrogen-bond acceptors (Lipinski definition) is 2. The first-order valence-electron chi connectivity index (χ1n) is 7.00. The van der Waals surface area contributed by atoms with Crippen molar-refractivity contribution in [2.24, 2.45) is 4.99 Å². The number of nitrogens with zero attached hydrogens (tertiary/aromatic N) is 1. The van der Waals surface area contributed by atoms with Gasteiger partial charge >= 0.3 is 35.6 Å². The van der Waals surface area contributed by atoms with Gasteiger partial charge in [0.15, 0.2) is 23.3 Å². The summed E-state index contributed by atoms with van der Waals surface area (Å²) in [5, 5.41) is 10.0. The molecule has 10 heteroatoms. The summed E-state index contributed by atoms with van der Waals surface area (Å²) in [5.74, 6) is -10.7. The fourth-order valence-corrected chi connectivity index (χ4v) is 1.99. The van der Waals surface area contributed by atoms with Crippen molar-refractivity contribution in [2.75, 3.05) is 0 Å². The molecule has 2 nitrogen and oxygen atoms in total. The molecule has 0 saturated heterocycles. The van der Waals surface area contributed by atoms with Crippen molar-refractivity contribution in [3.8, 4) is 5.75 Å². The van der Waals surface area contributed by atoms with Gasteiger partial charge in [0.2, 0.25) is 5.82 Å². The van der Waals surface area contributed by atoms with E-state index < -0.39 is 51.8 Å². The van der Waals surface area contributed by atoms with E-state index in [0.29, 0.717) is 5.56 Å². The molecule has 0 aromatic heterocycles. The van der Waals surface area contributed by atoms with E-state index in [4.69, 9.17) is 18.6 Å². The van der Waals surface area contributed by atoms with E-state index in [-0.39, 0.29) is 17.2 Å². The molecule has 140 valence electrons. The number of para-hydroxylation sites is 1. The predicted molar refractivity (Wildman–Crippen MR) is 87.4 cm³/mol. The molecular weight excluding hydrogens is 436 g/mol. The van der Waals surface area contributed by atoms with Gasteiger partial charge in [0, 0.05) is 11.8 Å². The van der Waals surface area contributed by atoms with Crippen LogP contribution in [0.25, 0.3) is 0 Å². The van der Waals surface area contributed by atoms with Crippen molar-refractivity contribution < 1.29 is 44.1 Å². The molecule has 2 rings (SSSR count). The molecule has 0 bridgehead atoms. The molecule has 0 aliphatic heterocycles. The number of aromatic hydroxyl groups is 1. The summed E-state index contributed by atoms with van der Waals surface area (Å²) < 4.78 is 66.2. The Morgan fingerprint density at radius 3 is 1.88 bits per heavy atom. The van der Waals surface area contributed by atoms with Gasteiger partial charge in [-0.2, -0.15) is 0 Å². The minimum absolute atomic E-state index is 0.0301. The number of aliphatic imine (C=N–C) groups is 1. The van der Waals surface area contributed by atoms with Crippen molar-refractivity contribution in [3.63, 3.8) is 0 Å². The van der Waals surface area contributed by atoms with Gasteiger partial charge in [-0.25, -0.2) is 26.9 Å². The molecule has 0 atom stereocenters. The van der Waals surface area contributed by atoms with Crippen molar-refractivity contribution in [1.82, 2.24) is 0 Å². The van der Waals surface area contributed by atoms with E-state index in [2.05, 4.69) is 4.99 Å². The van der Waals surface area contributed by atoms with E-state index in [0.717, 1.165) is 6.21 Å². The van der Waals surface area contributed by atoms with Crippen molar-refractivity contribution in [1.29, 1.82) is 0 Å². The molecule has 0 unspecified atom stereocenters. The van der Waals surface area contributed by atoms with E-state index in [1.807, 2.05) is 13.8 Å². The van der Waals surface area contributed by atoms with Crippen LogP contribution in [-0.2, 0) is 17.0 Å². The topological polar surface area (TPSA) is 32.6 Å². The monoisotopic (exact) mass is 447 g/mol. The van der Waals surface area contributed by atoms with Crippen LogP contribution in [-0.4, -0.2) is 11.3 Å². The molecule has 0 aliphatic carbocycles. The fraction of sp³-hybridized carbons (Fsp3) is 0.188. The van der Waals surface area contributed by atoms with E-state index in [1.165, 1.54) is 6.07 Å². The van der Waals surface area contributed by atoms with E-state index in [9.17, 15) is 27.1 Å². The van der Waals surface area contributed by atoms with Gasteiger partial charge in [0.1, 0.15) is 11.4 Å². The van der Waals surface area contributed by atoms with Crippen LogP contribution in [0.1, 0.15) is 30.9 Å². The van der Waals surface area contributed by atoms with Gasteiger partial charge in [0.25, 0.3) is 0 Å². The molecular formula is C16H12Cl2F5NOTi. The second kappa shape index (κ2) is 10.3. The first-order valence-corrected chi connectivity index (χ1v) is 11.3. The van der Waals surface area contributed by atoms with Crippen LogP contribution in [0.4, 0.5) is 27.6 Å². The molecule has 0 fully saturated rings.